The molecule has 3 saturated heterocycles. The van der Waals surface area contributed by atoms with Crippen LogP contribution < -0.4 is 5.32 Å². The number of carbonyl (C=O) groups is 8. The van der Waals surface area contributed by atoms with Crippen LogP contribution in [0, 0.1) is 50.5 Å². The van der Waals surface area contributed by atoms with Gasteiger partial charge in [-0.3, -0.25) is 38.9 Å². The molecule has 23 heteroatoms. The number of aliphatic hydroxyl groups excluding tert-OH is 1. The number of allylic oxidation sites excluding steroid dienone is 3. The number of methoxy groups -OCH3 is 1. The van der Waals surface area contributed by atoms with E-state index >= 15 is 4.79 Å². The molecule has 3 aliphatic heterocycles. The summed E-state index contributed by atoms with van der Waals surface area (Å²) in [6.07, 6.45) is -2.03. The van der Waals surface area contributed by atoms with Crippen LogP contribution in [0.25, 0.3) is 0 Å². The number of ether oxygens (including phenoxy) is 10. The van der Waals surface area contributed by atoms with Crippen molar-refractivity contribution in [3.63, 3.8) is 0 Å². The lowest BCUT2D eigenvalue weighted by Crippen LogP contribution is -2.65. The monoisotopic (exact) mass is 1110 g/mol. The second kappa shape index (κ2) is 23.0. The van der Waals surface area contributed by atoms with E-state index in [1.54, 1.807) is 26.8 Å². The molecule has 2 N–H and O–H groups in total. The number of aldehydes is 1. The highest BCUT2D eigenvalue weighted by Gasteiger charge is 2.67. The molecule has 4 aliphatic carbocycles. The van der Waals surface area contributed by atoms with Gasteiger partial charge in [-0.05, 0) is 68.6 Å². The fourth-order valence-corrected chi connectivity index (χ4v) is 13.7. The number of ketones is 1. The van der Waals surface area contributed by atoms with Gasteiger partial charge in [0.05, 0.1) is 37.8 Å². The number of nitro groups is 1. The van der Waals surface area contributed by atoms with E-state index in [2.05, 4.69) is 5.32 Å². The van der Waals surface area contributed by atoms with Gasteiger partial charge in [-0.1, -0.05) is 57.6 Å². The third-order valence-electron chi connectivity index (χ3n) is 17.7. The number of hydrogen-bond acceptors (Lipinski definition) is 21. The van der Waals surface area contributed by atoms with E-state index in [0.717, 1.165) is 14.0 Å². The van der Waals surface area contributed by atoms with E-state index in [9.17, 15) is 48.8 Å². The predicted octanol–water partition coefficient (Wildman–Crippen LogP) is 5.73. The molecular weight excluding hydrogens is 1040 g/mol. The Morgan fingerprint density at radius 3 is 2.16 bits per heavy atom. The zero-order valence-electron chi connectivity index (χ0n) is 46.9. The molecule has 0 aromatic heterocycles. The van der Waals surface area contributed by atoms with Crippen molar-refractivity contribution >= 4 is 48.0 Å². The molecule has 7 rings (SSSR count). The van der Waals surface area contributed by atoms with E-state index in [-0.39, 0.29) is 43.3 Å². The van der Waals surface area contributed by atoms with E-state index in [1.165, 1.54) is 33.8 Å². The maximum Gasteiger partial charge on any atom is 0.407 e. The molecule has 2 bridgehead atoms. The number of Topliss-reactive ketones (excluding diaryl/α,β-unsaturated/α-hetero) is 1. The first-order chi connectivity index (χ1) is 36.9. The Bertz CT molecular complexity index is 2660. The van der Waals surface area contributed by atoms with Gasteiger partial charge in [0.1, 0.15) is 48.6 Å². The molecule has 3 heterocycles. The fourth-order valence-electron chi connectivity index (χ4n) is 13.7. The molecule has 1 spiro atoms. The van der Waals surface area contributed by atoms with Gasteiger partial charge >= 0.3 is 35.9 Å². The number of alkyl carbamates (subject to hydrolysis) is 1. The largest absolute Gasteiger partial charge is 0.511 e. The lowest BCUT2D eigenvalue weighted by molar-refractivity contribution is -0.584. The van der Waals surface area contributed by atoms with Gasteiger partial charge in [-0.2, -0.15) is 0 Å². The van der Waals surface area contributed by atoms with Gasteiger partial charge in [-0.25, -0.2) is 9.59 Å². The number of fused-ring (bicyclic) bond motifs is 4. The third kappa shape index (κ3) is 11.3. The average Bonchev–Trinajstić information content (AvgIpc) is 3.92. The number of rotatable bonds is 12. The third-order valence-corrected chi connectivity index (χ3v) is 17.7. The molecule has 79 heavy (non-hydrogen) atoms. The first-order valence-electron chi connectivity index (χ1n) is 26.6. The van der Waals surface area contributed by atoms with Crippen molar-refractivity contribution in [2.75, 3.05) is 13.7 Å². The summed E-state index contributed by atoms with van der Waals surface area (Å²) >= 11 is 0. The van der Waals surface area contributed by atoms with Gasteiger partial charge in [0.2, 0.25) is 11.3 Å². The fraction of sp³-hybridized carbons (Fsp3) is 0.679. The van der Waals surface area contributed by atoms with Crippen LogP contribution in [0.1, 0.15) is 115 Å². The van der Waals surface area contributed by atoms with Crippen molar-refractivity contribution in [1.82, 2.24) is 5.32 Å². The van der Waals surface area contributed by atoms with E-state index in [0.29, 0.717) is 23.9 Å². The van der Waals surface area contributed by atoms with Gasteiger partial charge in [0, 0.05) is 69.1 Å². The van der Waals surface area contributed by atoms with E-state index in [1.807, 2.05) is 45.9 Å². The Balaban J connectivity index is 1.38. The van der Waals surface area contributed by atoms with Crippen LogP contribution in [0.2, 0.25) is 0 Å². The van der Waals surface area contributed by atoms with Crippen LogP contribution in [-0.2, 0) is 80.9 Å². The smallest absolute Gasteiger partial charge is 0.407 e. The number of hydrogen-bond donors (Lipinski definition) is 2. The van der Waals surface area contributed by atoms with Gasteiger partial charge in [0.15, 0.2) is 24.3 Å². The van der Waals surface area contributed by atoms with E-state index in [4.69, 9.17) is 47.4 Å². The molecule has 7 aliphatic rings. The highest BCUT2D eigenvalue weighted by molar-refractivity contribution is 6.26. The second-order valence-electron chi connectivity index (χ2n) is 22.9. The molecule has 23 nitrogen and oxygen atoms in total. The van der Waals surface area contributed by atoms with Crippen LogP contribution >= 0.6 is 0 Å². The highest BCUT2D eigenvalue weighted by atomic mass is 16.7. The molecule has 0 aromatic carbocycles. The van der Waals surface area contributed by atoms with Crippen molar-refractivity contribution in [1.29, 1.82) is 0 Å². The Labute approximate surface area is 458 Å². The van der Waals surface area contributed by atoms with E-state index < -0.39 is 165 Å². The zero-order valence-corrected chi connectivity index (χ0v) is 46.9. The summed E-state index contributed by atoms with van der Waals surface area (Å²) in [4.78, 5) is 118. The molecule has 19 atom stereocenters. The summed E-state index contributed by atoms with van der Waals surface area (Å²) in [5.74, 6) is -8.60. The van der Waals surface area contributed by atoms with Crippen LogP contribution in [0.5, 0.6) is 0 Å². The van der Waals surface area contributed by atoms with Crippen LogP contribution in [-0.4, -0.2) is 144 Å². The van der Waals surface area contributed by atoms with Gasteiger partial charge < -0.3 is 57.8 Å². The number of amides is 1. The Morgan fingerprint density at radius 2 is 1.56 bits per heavy atom. The predicted molar refractivity (Wildman–Crippen MR) is 273 cm³/mol. The number of nitrogens with one attached hydrogen (secondary N) is 1. The lowest BCUT2D eigenvalue weighted by atomic mass is 9.44. The Kier molecular flexibility index (Phi) is 17.6. The Morgan fingerprint density at radius 1 is 0.886 bits per heavy atom. The number of nitrogens with zero attached hydrogens (tertiary/aromatic N) is 1. The normalized spacial score (nSPS) is 42.3. The summed E-state index contributed by atoms with van der Waals surface area (Å²) in [7, 11) is 1.13. The maximum atomic E-state index is 15.7. The minimum absolute atomic E-state index is 0.0226. The molecule has 4 fully saturated rings. The minimum atomic E-state index is -2.26. The molecule has 1 saturated carbocycles. The first-order valence-corrected chi connectivity index (χ1v) is 26.6. The summed E-state index contributed by atoms with van der Waals surface area (Å²) in [5, 5.41) is 28.8. The highest BCUT2D eigenvalue weighted by Crippen LogP contribution is 2.65. The molecule has 0 aromatic rings. The van der Waals surface area contributed by atoms with Crippen molar-refractivity contribution in [2.24, 2.45) is 40.4 Å². The lowest BCUT2D eigenvalue weighted by Gasteiger charge is -2.60. The quantitative estimate of drug-likeness (QED) is 0.0448. The van der Waals surface area contributed by atoms with Crippen LogP contribution in [0.15, 0.2) is 58.4 Å². The topological polar surface area (TPSA) is 304 Å². The molecule has 0 radical (unpaired) electrons. The second-order valence-corrected chi connectivity index (χ2v) is 22.9. The summed E-state index contributed by atoms with van der Waals surface area (Å²) in [5.41, 5.74) is -6.57. The zero-order chi connectivity index (χ0) is 58.4. The van der Waals surface area contributed by atoms with Gasteiger partial charge in [0.25, 0.3) is 0 Å². The number of esters is 5. The van der Waals surface area contributed by atoms with Crippen molar-refractivity contribution < 1.29 is 95.8 Å². The van der Waals surface area contributed by atoms with Crippen molar-refractivity contribution in [3.05, 3.63) is 68.5 Å². The molecule has 0 unspecified atom stereocenters. The SMILES string of the molecule is COC(=O)N[C@H]1[C@@H](C)O[C@@H](O[C@H]2C/C=C(\C)[C@]3(C)C=C[C@@H]4[C@@H](O[C@@H]5C[C@@H](OC(C)=O)[C@H](OC(C)=O)[C@H](COC(C)=O)O5)[C@@H](C)C[C@H](C)[C@H]4[C@]3(C)/C(O)=C3\C(=O)O[C@]4(CC(C=O)=C[C@H](OC(C)=O)[C@H]4/C=C\2C)C3=O)C[C@@]1(C)[N+](=O)[O-]. The summed E-state index contributed by atoms with van der Waals surface area (Å²) < 4.78 is 59.8. The molecular formula is C56H74N2O21. The van der Waals surface area contributed by atoms with Crippen molar-refractivity contribution in [3.8, 4) is 0 Å². The first kappa shape index (κ1) is 60.3. The van der Waals surface area contributed by atoms with Crippen LogP contribution in [0.4, 0.5) is 4.79 Å². The Hall–Kier alpha value is -6.30. The molecule has 434 valence electrons. The van der Waals surface area contributed by atoms with Gasteiger partial charge in [-0.15, -0.1) is 0 Å². The molecule has 1 amide bonds. The maximum absolute atomic E-state index is 15.7. The average molecular weight is 1110 g/mol. The number of aliphatic hydroxyl groups is 1. The van der Waals surface area contributed by atoms with Crippen molar-refractivity contribution in [2.45, 2.75) is 188 Å². The summed E-state index contributed by atoms with van der Waals surface area (Å²) in [6, 6.07) is -1.15. The van der Waals surface area contributed by atoms with Crippen LogP contribution in [0.3, 0.4) is 0 Å². The minimum Gasteiger partial charge on any atom is -0.511 e. The standard InChI is InChI=1S/C56H74N2O21/c1-26-19-37-39(73-32(7)61)20-35(24-59)22-56(37)50(65)44(51(66)79-56)49(64)55(12)45-27(2)18-28(3)46(78-42-21-40(74-33(8)62)47(75-34(9)63)41(77-42)25-71-31(6)60)36(45)16-17-53(55,10)29(4)14-15-38(26)76-43-23-54(11,58(68)69)48(30(5)72-43)57-52(67)70-13/h14,16-17,19-20,24,27-28,30,36-43,45-48,64H,15,18,21-23,25H2,1-13H3,(H,57,67)/b26-19-,29-14+,49-44+/t27-,28-,30+,36-,37+,38-,39-,40+,41-,42+,43-,45+,46-,47-,48-,53-,54+,55+,56-/m0/s1. The number of carbonyl (C=O) groups excluding carboxylic acids is 8. The summed E-state index contributed by atoms with van der Waals surface area (Å²) in [6.45, 7) is 18.4.